The van der Waals surface area contributed by atoms with Crippen LogP contribution in [0.3, 0.4) is 0 Å². The second-order valence-corrected chi connectivity index (χ2v) is 9.15. The van der Waals surface area contributed by atoms with E-state index < -0.39 is 17.7 Å². The molecule has 0 amide bonds. The van der Waals surface area contributed by atoms with Gasteiger partial charge in [-0.05, 0) is 65.1 Å². The smallest absolute Gasteiger partial charge is 0.416 e. The molecule has 0 bridgehead atoms. The van der Waals surface area contributed by atoms with Crippen molar-refractivity contribution in [3.8, 4) is 16.9 Å². The third-order valence-electron chi connectivity index (χ3n) is 6.56. The number of ether oxygens (including phenoxy) is 2. The van der Waals surface area contributed by atoms with Crippen molar-refractivity contribution in [1.29, 1.82) is 0 Å². The lowest BCUT2D eigenvalue weighted by atomic mass is 9.94. The maximum Gasteiger partial charge on any atom is 0.416 e. The Labute approximate surface area is 226 Å². The number of alkyl halides is 3. The summed E-state index contributed by atoms with van der Waals surface area (Å²) in [6.45, 7) is 0.837. The Morgan fingerprint density at radius 2 is 1.49 bits per heavy atom. The van der Waals surface area contributed by atoms with Crippen molar-refractivity contribution in [3.63, 3.8) is 0 Å². The molecule has 0 radical (unpaired) electrons. The maximum atomic E-state index is 13.8. The number of hydrogen-bond acceptors (Lipinski definition) is 4. The van der Waals surface area contributed by atoms with Crippen LogP contribution in [0.4, 0.5) is 18.9 Å². The highest BCUT2D eigenvalue weighted by molar-refractivity contribution is 5.78. The molecule has 39 heavy (non-hydrogen) atoms. The number of nitrogens with zero attached hydrogens (tertiary/aromatic N) is 1. The summed E-state index contributed by atoms with van der Waals surface area (Å²) in [7, 11) is 2.83. The van der Waals surface area contributed by atoms with E-state index in [9.17, 15) is 18.0 Å². The molecule has 0 saturated carbocycles. The average molecular weight is 534 g/mol. The van der Waals surface area contributed by atoms with Crippen LogP contribution in [0.25, 0.3) is 11.1 Å². The number of halogens is 3. The Kier molecular flexibility index (Phi) is 8.92. The fourth-order valence-electron chi connectivity index (χ4n) is 4.53. The van der Waals surface area contributed by atoms with Crippen LogP contribution < -0.4 is 9.64 Å². The number of benzene rings is 4. The molecule has 0 aliphatic rings. The highest BCUT2D eigenvalue weighted by Crippen LogP contribution is 2.38. The number of rotatable bonds is 10. The van der Waals surface area contributed by atoms with Gasteiger partial charge in [-0.2, -0.15) is 13.2 Å². The zero-order valence-corrected chi connectivity index (χ0v) is 21.9. The normalized spacial score (nSPS) is 11.2. The first-order valence-electron chi connectivity index (χ1n) is 12.6. The van der Waals surface area contributed by atoms with Crippen molar-refractivity contribution in [3.05, 3.63) is 119 Å². The van der Waals surface area contributed by atoms with Gasteiger partial charge in [0.25, 0.3) is 0 Å². The molecule has 0 saturated heterocycles. The van der Waals surface area contributed by atoms with Crippen LogP contribution in [-0.2, 0) is 35.1 Å². The van der Waals surface area contributed by atoms with Gasteiger partial charge in [0.15, 0.2) is 0 Å². The number of hydrogen-bond donors (Lipinski definition) is 0. The quantitative estimate of drug-likeness (QED) is 0.200. The summed E-state index contributed by atoms with van der Waals surface area (Å²) in [5, 5.41) is 0. The van der Waals surface area contributed by atoms with Crippen molar-refractivity contribution >= 4 is 11.7 Å². The second kappa shape index (κ2) is 12.5. The van der Waals surface area contributed by atoms with Gasteiger partial charge in [0.05, 0.1) is 26.2 Å². The third kappa shape index (κ3) is 7.19. The molecule has 4 aromatic rings. The fourth-order valence-corrected chi connectivity index (χ4v) is 4.53. The van der Waals surface area contributed by atoms with Crippen molar-refractivity contribution in [1.82, 2.24) is 0 Å². The number of carbonyl (C=O) groups excluding carboxylic acids is 1. The lowest BCUT2D eigenvalue weighted by molar-refractivity contribution is -0.140. The molecule has 0 aromatic heterocycles. The molecule has 4 rings (SSSR count). The van der Waals surface area contributed by atoms with Crippen LogP contribution in [0.1, 0.15) is 22.3 Å². The fraction of sp³-hybridized carbons (Fsp3) is 0.219. The van der Waals surface area contributed by atoms with Crippen LogP contribution in [-0.4, -0.2) is 26.7 Å². The van der Waals surface area contributed by atoms with E-state index in [0.717, 1.165) is 23.7 Å². The molecular weight excluding hydrogens is 503 g/mol. The van der Waals surface area contributed by atoms with Gasteiger partial charge in [-0.25, -0.2) is 0 Å². The monoisotopic (exact) mass is 533 g/mol. The molecule has 0 spiro atoms. The van der Waals surface area contributed by atoms with Gasteiger partial charge in [-0.1, -0.05) is 60.7 Å². The minimum Gasteiger partial charge on any atom is -0.496 e. The lowest BCUT2D eigenvalue weighted by Gasteiger charge is -2.27. The van der Waals surface area contributed by atoms with E-state index in [2.05, 4.69) is 4.90 Å². The minimum absolute atomic E-state index is 0.0384. The number of methoxy groups -OCH3 is 2. The zero-order valence-electron chi connectivity index (χ0n) is 21.9. The molecule has 0 atom stereocenters. The average Bonchev–Trinajstić information content (AvgIpc) is 2.95. The third-order valence-corrected chi connectivity index (χ3v) is 6.56. The van der Waals surface area contributed by atoms with Gasteiger partial charge in [0.1, 0.15) is 5.75 Å². The largest absolute Gasteiger partial charge is 0.496 e. The summed E-state index contributed by atoms with van der Waals surface area (Å²) in [6.07, 6.45) is -3.73. The molecule has 4 aromatic carbocycles. The van der Waals surface area contributed by atoms with Crippen molar-refractivity contribution < 1.29 is 27.4 Å². The molecule has 0 aliphatic carbocycles. The summed E-state index contributed by atoms with van der Waals surface area (Å²) < 4.78 is 51.9. The summed E-state index contributed by atoms with van der Waals surface area (Å²) in [5.74, 6) is 0.0927. The van der Waals surface area contributed by atoms with Crippen LogP contribution >= 0.6 is 0 Å². The van der Waals surface area contributed by atoms with Gasteiger partial charge >= 0.3 is 12.1 Å². The summed E-state index contributed by atoms with van der Waals surface area (Å²) >= 11 is 0. The summed E-state index contributed by atoms with van der Waals surface area (Å²) in [4.78, 5) is 14.0. The van der Waals surface area contributed by atoms with E-state index in [-0.39, 0.29) is 13.0 Å². The van der Waals surface area contributed by atoms with Gasteiger partial charge in [-0.15, -0.1) is 0 Å². The van der Waals surface area contributed by atoms with E-state index in [1.54, 1.807) is 18.2 Å². The van der Waals surface area contributed by atoms with Crippen molar-refractivity contribution in [2.45, 2.75) is 25.6 Å². The van der Waals surface area contributed by atoms with Crippen LogP contribution in [0.5, 0.6) is 5.75 Å². The number of carbonyl (C=O) groups is 1. The lowest BCUT2D eigenvalue weighted by Crippen LogP contribution is -2.26. The van der Waals surface area contributed by atoms with Crippen LogP contribution in [0.2, 0.25) is 0 Å². The standard InChI is InChI=1S/C32H30F3NO3/c1-38-30-16-13-24(20-31(37)39-2)19-29(30)28-15-14-26(32(33,34)35)21-25(28)22-36(27-11-7-4-8-12-27)18-17-23-9-5-3-6-10-23/h3-16,19,21H,17-18,20,22H2,1-2H3. The van der Waals surface area contributed by atoms with Gasteiger partial charge in [-0.3, -0.25) is 4.79 Å². The molecule has 4 nitrogen and oxygen atoms in total. The molecule has 7 heteroatoms. The highest BCUT2D eigenvalue weighted by Gasteiger charge is 2.31. The first-order chi connectivity index (χ1) is 18.8. The first-order valence-corrected chi connectivity index (χ1v) is 12.6. The molecular formula is C32H30F3NO3. The summed E-state index contributed by atoms with van der Waals surface area (Å²) in [5.41, 5.74) is 3.71. The van der Waals surface area contributed by atoms with Crippen molar-refractivity contribution in [2.24, 2.45) is 0 Å². The molecule has 0 aliphatic heterocycles. The maximum absolute atomic E-state index is 13.8. The molecule has 0 N–H and O–H groups in total. The van der Waals surface area contributed by atoms with Crippen LogP contribution in [0.15, 0.2) is 97.1 Å². The SMILES string of the molecule is COC(=O)Cc1ccc(OC)c(-c2ccc(C(F)(F)F)cc2CN(CCc2ccccc2)c2ccccc2)c1. The van der Waals surface area contributed by atoms with Gasteiger partial charge in [0, 0.05) is 24.3 Å². The zero-order chi connectivity index (χ0) is 27.8. The predicted molar refractivity (Wildman–Crippen MR) is 147 cm³/mol. The Morgan fingerprint density at radius 1 is 0.795 bits per heavy atom. The predicted octanol–water partition coefficient (Wildman–Crippen LogP) is 7.35. The van der Waals surface area contributed by atoms with E-state index >= 15 is 0 Å². The first kappa shape index (κ1) is 27.8. The van der Waals surface area contributed by atoms with E-state index in [1.807, 2.05) is 60.7 Å². The molecule has 0 fully saturated rings. The van der Waals surface area contributed by atoms with E-state index in [4.69, 9.17) is 9.47 Å². The Bertz CT molecular complexity index is 1390. The van der Waals surface area contributed by atoms with Crippen LogP contribution in [0, 0.1) is 0 Å². The van der Waals surface area contributed by atoms with Gasteiger partial charge < -0.3 is 14.4 Å². The Morgan fingerprint density at radius 3 is 2.13 bits per heavy atom. The number of anilines is 1. The van der Waals surface area contributed by atoms with E-state index in [0.29, 0.717) is 34.5 Å². The molecule has 0 heterocycles. The topological polar surface area (TPSA) is 38.8 Å². The minimum atomic E-state index is -4.49. The second-order valence-electron chi connectivity index (χ2n) is 9.15. The summed E-state index contributed by atoms with van der Waals surface area (Å²) in [6, 6.07) is 28.6. The number of para-hydroxylation sites is 1. The van der Waals surface area contributed by atoms with Crippen molar-refractivity contribution in [2.75, 3.05) is 25.7 Å². The molecule has 0 unspecified atom stereocenters. The Hall–Kier alpha value is -4.26. The Balaban J connectivity index is 1.79. The number of esters is 1. The van der Waals surface area contributed by atoms with E-state index in [1.165, 1.54) is 26.4 Å². The van der Waals surface area contributed by atoms with Gasteiger partial charge in [0.2, 0.25) is 0 Å². The molecule has 202 valence electrons. The highest BCUT2D eigenvalue weighted by atomic mass is 19.4.